The first kappa shape index (κ1) is 12.9. The van der Waals surface area contributed by atoms with Crippen LogP contribution in [-0.2, 0) is 11.3 Å². The van der Waals surface area contributed by atoms with E-state index in [2.05, 4.69) is 20.0 Å². The quantitative estimate of drug-likeness (QED) is 0.853. The number of hydrogen-bond acceptors (Lipinski definition) is 5. The van der Waals surface area contributed by atoms with Gasteiger partial charge >= 0.3 is 5.97 Å². The number of nitrogens with zero attached hydrogens (tertiary/aromatic N) is 2. The number of nitrogens with one attached hydrogen (secondary N) is 1. The van der Waals surface area contributed by atoms with Crippen LogP contribution in [0.2, 0.25) is 0 Å². The highest BCUT2D eigenvalue weighted by Gasteiger charge is 2.12. The molecule has 0 aliphatic heterocycles. The first-order valence-electron chi connectivity index (χ1n) is 5.57. The molecule has 1 aromatic carbocycles. The van der Waals surface area contributed by atoms with Gasteiger partial charge in [-0.15, -0.1) is 0 Å². The van der Waals surface area contributed by atoms with Gasteiger partial charge in [0.15, 0.2) is 0 Å². The molecule has 1 aromatic heterocycles. The number of carbonyl (C=O) groups is 1. The number of esters is 1. The van der Waals surface area contributed by atoms with E-state index in [1.807, 2.05) is 0 Å². The monoisotopic (exact) mass is 261 g/mol. The van der Waals surface area contributed by atoms with Gasteiger partial charge in [0.25, 0.3) is 0 Å². The fourth-order valence-corrected chi connectivity index (χ4v) is 1.52. The van der Waals surface area contributed by atoms with Crippen LogP contribution in [0.15, 0.2) is 36.8 Å². The summed E-state index contributed by atoms with van der Waals surface area (Å²) in [6.45, 7) is 0.431. The standard InChI is InChI=1S/C13H12FN3O2/c1-19-13(18)11-6-9(2-3-12(11)14)17-8-10-7-15-4-5-16-10/h2-7,17H,8H2,1H3. The number of halogens is 1. The van der Waals surface area contributed by atoms with Crippen molar-refractivity contribution >= 4 is 11.7 Å². The molecule has 1 N–H and O–H groups in total. The molecule has 0 atom stereocenters. The highest BCUT2D eigenvalue weighted by atomic mass is 19.1. The van der Waals surface area contributed by atoms with E-state index in [-0.39, 0.29) is 5.56 Å². The van der Waals surface area contributed by atoms with E-state index < -0.39 is 11.8 Å². The van der Waals surface area contributed by atoms with Gasteiger partial charge in [0.2, 0.25) is 0 Å². The summed E-state index contributed by atoms with van der Waals surface area (Å²) in [4.78, 5) is 19.4. The second kappa shape index (κ2) is 5.90. The molecular weight excluding hydrogens is 249 g/mol. The molecule has 0 radical (unpaired) electrons. The van der Waals surface area contributed by atoms with Crippen LogP contribution < -0.4 is 5.32 Å². The predicted octanol–water partition coefficient (Wildman–Crippen LogP) is 2.01. The minimum Gasteiger partial charge on any atom is -0.465 e. The van der Waals surface area contributed by atoms with Crippen molar-refractivity contribution < 1.29 is 13.9 Å². The minimum absolute atomic E-state index is 0.105. The Hall–Kier alpha value is -2.50. The van der Waals surface area contributed by atoms with E-state index in [9.17, 15) is 9.18 Å². The van der Waals surface area contributed by atoms with Crippen molar-refractivity contribution in [2.24, 2.45) is 0 Å². The van der Waals surface area contributed by atoms with Gasteiger partial charge in [-0.1, -0.05) is 0 Å². The maximum Gasteiger partial charge on any atom is 0.340 e. The minimum atomic E-state index is -0.708. The van der Waals surface area contributed by atoms with Gasteiger partial charge in [-0.25, -0.2) is 9.18 Å². The third kappa shape index (κ3) is 3.25. The van der Waals surface area contributed by atoms with Gasteiger partial charge in [0.1, 0.15) is 5.82 Å². The zero-order valence-corrected chi connectivity index (χ0v) is 10.3. The summed E-state index contributed by atoms with van der Waals surface area (Å²) >= 11 is 0. The highest BCUT2D eigenvalue weighted by Crippen LogP contribution is 2.16. The van der Waals surface area contributed by atoms with Crippen LogP contribution in [-0.4, -0.2) is 23.0 Å². The van der Waals surface area contributed by atoms with Crippen molar-refractivity contribution in [3.05, 3.63) is 53.9 Å². The van der Waals surface area contributed by atoms with E-state index in [0.29, 0.717) is 12.2 Å². The van der Waals surface area contributed by atoms with Crippen molar-refractivity contribution in [2.45, 2.75) is 6.54 Å². The zero-order valence-electron chi connectivity index (χ0n) is 10.3. The van der Waals surface area contributed by atoms with Gasteiger partial charge in [-0.05, 0) is 18.2 Å². The average molecular weight is 261 g/mol. The molecule has 1 heterocycles. The van der Waals surface area contributed by atoms with E-state index in [0.717, 1.165) is 5.69 Å². The van der Waals surface area contributed by atoms with Crippen LogP contribution in [0.3, 0.4) is 0 Å². The maximum atomic E-state index is 13.4. The third-order valence-electron chi connectivity index (χ3n) is 2.46. The van der Waals surface area contributed by atoms with Gasteiger partial charge in [-0.3, -0.25) is 9.97 Å². The summed E-state index contributed by atoms with van der Waals surface area (Å²) in [6.07, 6.45) is 4.79. The molecule has 0 aliphatic carbocycles. The van der Waals surface area contributed by atoms with E-state index >= 15 is 0 Å². The molecule has 0 fully saturated rings. The molecule has 5 nitrogen and oxygen atoms in total. The fraction of sp³-hybridized carbons (Fsp3) is 0.154. The number of anilines is 1. The Bertz CT molecular complexity index is 575. The van der Waals surface area contributed by atoms with Crippen LogP contribution in [0, 0.1) is 5.82 Å². The summed E-state index contributed by atoms with van der Waals surface area (Å²) in [7, 11) is 1.21. The van der Waals surface area contributed by atoms with E-state index in [1.165, 1.54) is 25.3 Å². The molecule has 19 heavy (non-hydrogen) atoms. The number of rotatable bonds is 4. The topological polar surface area (TPSA) is 64.1 Å². The van der Waals surface area contributed by atoms with Gasteiger partial charge < -0.3 is 10.1 Å². The Morgan fingerprint density at radius 1 is 1.42 bits per heavy atom. The lowest BCUT2D eigenvalue weighted by atomic mass is 10.2. The molecule has 0 unspecified atom stereocenters. The Morgan fingerprint density at radius 2 is 2.26 bits per heavy atom. The summed E-state index contributed by atoms with van der Waals surface area (Å²) in [6, 6.07) is 4.15. The van der Waals surface area contributed by atoms with E-state index in [1.54, 1.807) is 18.6 Å². The number of ether oxygens (including phenoxy) is 1. The Labute approximate surface area is 109 Å². The molecule has 98 valence electrons. The van der Waals surface area contributed by atoms with Crippen LogP contribution in [0.4, 0.5) is 10.1 Å². The molecule has 0 bridgehead atoms. The third-order valence-corrected chi connectivity index (χ3v) is 2.46. The lowest BCUT2D eigenvalue weighted by molar-refractivity contribution is 0.0595. The van der Waals surface area contributed by atoms with Crippen molar-refractivity contribution in [3.63, 3.8) is 0 Å². The maximum absolute atomic E-state index is 13.4. The summed E-state index contributed by atoms with van der Waals surface area (Å²) in [5.74, 6) is -1.32. The van der Waals surface area contributed by atoms with Crippen molar-refractivity contribution in [3.8, 4) is 0 Å². The van der Waals surface area contributed by atoms with Crippen LogP contribution in [0.5, 0.6) is 0 Å². The molecule has 2 rings (SSSR count). The number of aromatic nitrogens is 2. The second-order valence-electron chi connectivity index (χ2n) is 3.74. The van der Waals surface area contributed by atoms with Crippen molar-refractivity contribution in [1.29, 1.82) is 0 Å². The van der Waals surface area contributed by atoms with Crippen LogP contribution >= 0.6 is 0 Å². The molecule has 0 amide bonds. The average Bonchev–Trinajstić information content (AvgIpc) is 2.46. The highest BCUT2D eigenvalue weighted by molar-refractivity contribution is 5.90. The SMILES string of the molecule is COC(=O)c1cc(NCc2cnccn2)ccc1F. The van der Waals surface area contributed by atoms with Crippen molar-refractivity contribution in [1.82, 2.24) is 9.97 Å². The zero-order chi connectivity index (χ0) is 13.7. The van der Waals surface area contributed by atoms with Crippen molar-refractivity contribution in [2.75, 3.05) is 12.4 Å². The number of hydrogen-bond donors (Lipinski definition) is 1. The van der Waals surface area contributed by atoms with E-state index in [4.69, 9.17) is 0 Å². The number of methoxy groups -OCH3 is 1. The first-order chi connectivity index (χ1) is 9.20. The predicted molar refractivity (Wildman–Crippen MR) is 67.1 cm³/mol. The van der Waals surface area contributed by atoms with Gasteiger partial charge in [0, 0.05) is 18.1 Å². The largest absolute Gasteiger partial charge is 0.465 e. The summed E-state index contributed by atoms with van der Waals surface area (Å²) in [5, 5.41) is 3.03. The second-order valence-corrected chi connectivity index (χ2v) is 3.74. The Balaban J connectivity index is 2.11. The molecule has 6 heteroatoms. The summed E-state index contributed by atoms with van der Waals surface area (Å²) < 4.78 is 17.9. The lowest BCUT2D eigenvalue weighted by Crippen LogP contribution is -2.07. The molecule has 0 saturated carbocycles. The fourth-order valence-electron chi connectivity index (χ4n) is 1.52. The Morgan fingerprint density at radius 3 is 2.95 bits per heavy atom. The van der Waals surface area contributed by atoms with Crippen LogP contribution in [0.25, 0.3) is 0 Å². The first-order valence-corrected chi connectivity index (χ1v) is 5.57. The normalized spacial score (nSPS) is 10.0. The molecule has 0 aliphatic rings. The summed E-state index contributed by atoms with van der Waals surface area (Å²) in [5.41, 5.74) is 1.24. The number of carbonyl (C=O) groups excluding carboxylic acids is 1. The Kier molecular flexibility index (Phi) is 4.02. The van der Waals surface area contributed by atoms with Gasteiger partial charge in [-0.2, -0.15) is 0 Å². The van der Waals surface area contributed by atoms with Crippen LogP contribution in [0.1, 0.15) is 16.1 Å². The lowest BCUT2D eigenvalue weighted by Gasteiger charge is -2.08. The van der Waals surface area contributed by atoms with Gasteiger partial charge in [0.05, 0.1) is 31.1 Å². The molecular formula is C13H12FN3O2. The molecule has 0 saturated heterocycles. The number of benzene rings is 1. The molecule has 2 aromatic rings. The smallest absolute Gasteiger partial charge is 0.340 e. The molecule has 0 spiro atoms.